The Balaban J connectivity index is 1.80. The summed E-state index contributed by atoms with van der Waals surface area (Å²) in [5.74, 6) is 3.75. The third-order valence-electron chi connectivity index (χ3n) is 5.09. The fraction of sp³-hybridized carbons (Fsp3) is 0.364. The number of hydrogen-bond donors (Lipinski definition) is 0. The zero-order chi connectivity index (χ0) is 21.8. The van der Waals surface area contributed by atoms with Gasteiger partial charge in [-0.1, -0.05) is 6.07 Å². The predicted molar refractivity (Wildman–Crippen MR) is 115 cm³/mol. The van der Waals surface area contributed by atoms with E-state index in [1.165, 1.54) is 6.33 Å². The molecular weight excluding hydrogens is 402 g/mol. The van der Waals surface area contributed by atoms with Crippen LogP contribution in [0.15, 0.2) is 30.6 Å². The van der Waals surface area contributed by atoms with Crippen molar-refractivity contribution in [3.05, 3.63) is 36.2 Å². The molecule has 0 bridgehead atoms. The largest absolute Gasteiger partial charge is 0.493 e. The molecule has 164 valence electrons. The van der Waals surface area contributed by atoms with Crippen molar-refractivity contribution in [2.45, 2.75) is 6.54 Å². The van der Waals surface area contributed by atoms with Crippen LogP contribution in [0, 0.1) is 0 Å². The van der Waals surface area contributed by atoms with Gasteiger partial charge < -0.3 is 33.3 Å². The quantitative estimate of drug-likeness (QED) is 0.511. The summed E-state index contributed by atoms with van der Waals surface area (Å²) in [7, 11) is 6.41. The zero-order valence-electron chi connectivity index (χ0n) is 18.0. The fourth-order valence-electron chi connectivity index (χ4n) is 3.62. The van der Waals surface area contributed by atoms with Gasteiger partial charge in [0.25, 0.3) is 0 Å². The predicted octanol–water partition coefficient (Wildman–Crippen LogP) is 3.04. The molecule has 31 heavy (non-hydrogen) atoms. The Morgan fingerprint density at radius 2 is 1.74 bits per heavy atom. The summed E-state index contributed by atoms with van der Waals surface area (Å²) in [5, 5.41) is 0.786. The number of nitrogens with zero attached hydrogens (tertiary/aromatic N) is 3. The van der Waals surface area contributed by atoms with Crippen molar-refractivity contribution in [2.75, 3.05) is 53.3 Å². The number of anilines is 1. The van der Waals surface area contributed by atoms with Crippen LogP contribution in [-0.2, 0) is 11.3 Å². The first-order chi connectivity index (χ1) is 15.2. The average Bonchev–Trinajstić information content (AvgIpc) is 3.27. The highest BCUT2D eigenvalue weighted by Crippen LogP contribution is 2.44. The second-order valence-corrected chi connectivity index (χ2v) is 6.84. The van der Waals surface area contributed by atoms with E-state index in [4.69, 9.17) is 28.4 Å². The smallest absolute Gasteiger partial charge is 0.231 e. The Bertz CT molecular complexity index is 1070. The first kappa shape index (κ1) is 20.8. The minimum Gasteiger partial charge on any atom is -0.493 e. The Labute approximate surface area is 180 Å². The van der Waals surface area contributed by atoms with Gasteiger partial charge in [-0.15, -0.1) is 0 Å². The van der Waals surface area contributed by atoms with Gasteiger partial charge in [0.1, 0.15) is 17.7 Å². The third kappa shape index (κ3) is 3.96. The standard InChI is InChI=1S/C22H25N3O6/c1-26-8-7-25(11-14-5-6-16-17(9-14)31-13-30-16)22-15-10-18(27-2)20(28-3)21(29-4)19(15)23-12-24-22/h5-6,9-10,12H,7-8,11,13H2,1-4H3. The fourth-order valence-corrected chi connectivity index (χ4v) is 3.62. The Hall–Kier alpha value is -3.46. The number of fused-ring (bicyclic) bond motifs is 2. The first-order valence-electron chi connectivity index (χ1n) is 9.76. The molecule has 0 N–H and O–H groups in total. The minimum atomic E-state index is 0.240. The summed E-state index contributed by atoms with van der Waals surface area (Å²) < 4.78 is 32.9. The molecule has 0 spiro atoms. The molecular formula is C22H25N3O6. The lowest BCUT2D eigenvalue weighted by Gasteiger charge is -2.25. The van der Waals surface area contributed by atoms with Crippen LogP contribution in [0.25, 0.3) is 10.9 Å². The molecule has 0 radical (unpaired) electrons. The van der Waals surface area contributed by atoms with Crippen LogP contribution >= 0.6 is 0 Å². The molecule has 9 nitrogen and oxygen atoms in total. The second kappa shape index (κ2) is 9.13. The summed E-state index contributed by atoms with van der Waals surface area (Å²) >= 11 is 0. The highest BCUT2D eigenvalue weighted by atomic mass is 16.7. The molecule has 9 heteroatoms. The van der Waals surface area contributed by atoms with Gasteiger partial charge in [-0.25, -0.2) is 9.97 Å². The molecule has 1 aliphatic rings. The molecule has 1 aliphatic heterocycles. The Morgan fingerprint density at radius 3 is 2.48 bits per heavy atom. The van der Waals surface area contributed by atoms with Crippen molar-refractivity contribution >= 4 is 16.7 Å². The van der Waals surface area contributed by atoms with E-state index in [1.807, 2.05) is 24.3 Å². The topological polar surface area (TPSA) is 84.4 Å². The molecule has 3 aromatic rings. The number of hydrogen-bond acceptors (Lipinski definition) is 9. The van der Waals surface area contributed by atoms with E-state index >= 15 is 0 Å². The summed E-state index contributed by atoms with van der Waals surface area (Å²) in [5.41, 5.74) is 1.69. The maximum atomic E-state index is 5.61. The number of benzene rings is 2. The number of methoxy groups -OCH3 is 4. The molecule has 4 rings (SSSR count). The molecule has 0 atom stereocenters. The van der Waals surface area contributed by atoms with E-state index in [1.54, 1.807) is 28.4 Å². The molecule has 1 aromatic heterocycles. The van der Waals surface area contributed by atoms with Crippen molar-refractivity contribution in [2.24, 2.45) is 0 Å². The van der Waals surface area contributed by atoms with Gasteiger partial charge in [0.15, 0.2) is 23.0 Å². The monoisotopic (exact) mass is 427 g/mol. The highest BCUT2D eigenvalue weighted by molar-refractivity contribution is 5.97. The van der Waals surface area contributed by atoms with Crippen LogP contribution in [0.5, 0.6) is 28.7 Å². The lowest BCUT2D eigenvalue weighted by atomic mass is 10.1. The number of aromatic nitrogens is 2. The average molecular weight is 427 g/mol. The maximum Gasteiger partial charge on any atom is 0.231 e. The van der Waals surface area contributed by atoms with Gasteiger partial charge in [0.05, 0.1) is 33.3 Å². The highest BCUT2D eigenvalue weighted by Gasteiger charge is 2.22. The van der Waals surface area contributed by atoms with E-state index in [0.717, 1.165) is 28.3 Å². The van der Waals surface area contributed by atoms with Crippen LogP contribution in [0.4, 0.5) is 5.82 Å². The van der Waals surface area contributed by atoms with Crippen LogP contribution in [0.1, 0.15) is 5.56 Å². The van der Waals surface area contributed by atoms with Gasteiger partial charge in [-0.05, 0) is 23.8 Å². The lowest BCUT2D eigenvalue weighted by Crippen LogP contribution is -2.28. The van der Waals surface area contributed by atoms with Gasteiger partial charge in [0, 0.05) is 20.2 Å². The van der Waals surface area contributed by atoms with Crippen molar-refractivity contribution in [1.29, 1.82) is 0 Å². The van der Waals surface area contributed by atoms with Gasteiger partial charge in [-0.2, -0.15) is 0 Å². The first-order valence-corrected chi connectivity index (χ1v) is 9.76. The molecule has 0 aliphatic carbocycles. The van der Waals surface area contributed by atoms with E-state index in [-0.39, 0.29) is 6.79 Å². The summed E-state index contributed by atoms with van der Waals surface area (Å²) in [4.78, 5) is 11.2. The zero-order valence-corrected chi connectivity index (χ0v) is 18.0. The lowest BCUT2D eigenvalue weighted by molar-refractivity contribution is 0.174. The van der Waals surface area contributed by atoms with E-state index < -0.39 is 0 Å². The van der Waals surface area contributed by atoms with Crippen LogP contribution in [0.3, 0.4) is 0 Å². The molecule has 0 saturated heterocycles. The number of ether oxygens (including phenoxy) is 6. The normalized spacial score (nSPS) is 12.1. The molecule has 0 fully saturated rings. The van der Waals surface area contributed by atoms with Crippen LogP contribution < -0.4 is 28.6 Å². The summed E-state index contributed by atoms with van der Waals surface area (Å²) in [6, 6.07) is 7.78. The Morgan fingerprint density at radius 1 is 0.935 bits per heavy atom. The van der Waals surface area contributed by atoms with E-state index in [2.05, 4.69) is 14.9 Å². The van der Waals surface area contributed by atoms with Crippen LogP contribution in [-0.4, -0.2) is 58.4 Å². The molecule has 0 amide bonds. The summed E-state index contributed by atoms with van der Waals surface area (Å²) in [6.07, 6.45) is 1.52. The SMILES string of the molecule is COCCN(Cc1ccc2c(c1)OCO2)c1ncnc2c(OC)c(OC)c(OC)cc12. The van der Waals surface area contributed by atoms with Gasteiger partial charge in [0.2, 0.25) is 12.5 Å². The van der Waals surface area contributed by atoms with Crippen LogP contribution in [0.2, 0.25) is 0 Å². The second-order valence-electron chi connectivity index (χ2n) is 6.84. The molecule has 2 heterocycles. The van der Waals surface area contributed by atoms with Crippen molar-refractivity contribution in [1.82, 2.24) is 9.97 Å². The van der Waals surface area contributed by atoms with E-state index in [0.29, 0.717) is 42.5 Å². The molecule has 0 unspecified atom stereocenters. The van der Waals surface area contributed by atoms with Gasteiger partial charge >= 0.3 is 0 Å². The maximum absolute atomic E-state index is 5.61. The van der Waals surface area contributed by atoms with Crippen molar-refractivity contribution in [3.8, 4) is 28.7 Å². The third-order valence-corrected chi connectivity index (χ3v) is 5.09. The summed E-state index contributed by atoms with van der Waals surface area (Å²) in [6.45, 7) is 1.97. The number of rotatable bonds is 9. The van der Waals surface area contributed by atoms with Crippen molar-refractivity contribution in [3.63, 3.8) is 0 Å². The van der Waals surface area contributed by atoms with E-state index in [9.17, 15) is 0 Å². The Kier molecular flexibility index (Phi) is 6.13. The van der Waals surface area contributed by atoms with Gasteiger partial charge in [-0.3, -0.25) is 0 Å². The molecule has 2 aromatic carbocycles. The minimum absolute atomic E-state index is 0.240. The molecule has 0 saturated carbocycles. The van der Waals surface area contributed by atoms with Crippen molar-refractivity contribution < 1.29 is 28.4 Å².